The van der Waals surface area contributed by atoms with Gasteiger partial charge in [0, 0.05) is 6.42 Å². The fourth-order valence-electron chi connectivity index (χ4n) is 1.98. The lowest BCUT2D eigenvalue weighted by Crippen LogP contribution is -2.44. The zero-order valence-electron chi connectivity index (χ0n) is 12.3. The van der Waals surface area contributed by atoms with Crippen LogP contribution in [-0.2, 0) is 22.2 Å². The predicted molar refractivity (Wildman–Crippen MR) is 79.0 cm³/mol. The van der Waals surface area contributed by atoms with Gasteiger partial charge in [-0.15, -0.1) is 12.3 Å². The van der Waals surface area contributed by atoms with Crippen LogP contribution in [0.1, 0.15) is 30.4 Å². The Morgan fingerprint density at radius 2 is 2.04 bits per heavy atom. The first kappa shape index (κ1) is 18.6. The maximum absolute atomic E-state index is 12.6. The summed E-state index contributed by atoms with van der Waals surface area (Å²) in [5.74, 6) is 1.12. The van der Waals surface area contributed by atoms with Crippen LogP contribution >= 0.6 is 0 Å². The van der Waals surface area contributed by atoms with Crippen LogP contribution in [0.25, 0.3) is 0 Å². The summed E-state index contributed by atoms with van der Waals surface area (Å²) in [6.07, 6.45) is 1.58. The van der Waals surface area contributed by atoms with E-state index in [0.717, 1.165) is 12.1 Å². The molecule has 0 aliphatic carbocycles. The monoisotopic (exact) mass is 326 g/mol. The molecule has 0 aliphatic rings. The third-order valence-corrected chi connectivity index (χ3v) is 3.11. The van der Waals surface area contributed by atoms with Gasteiger partial charge < -0.3 is 11.1 Å². The highest BCUT2D eigenvalue weighted by atomic mass is 19.4. The minimum atomic E-state index is -4.47. The van der Waals surface area contributed by atoms with Gasteiger partial charge in [-0.05, 0) is 24.5 Å². The van der Waals surface area contributed by atoms with E-state index in [4.69, 9.17) is 12.2 Å². The summed E-state index contributed by atoms with van der Waals surface area (Å²) in [5.41, 5.74) is 4.56. The second kappa shape index (κ2) is 8.22. The number of nitrogens with two attached hydrogens (primary N) is 1. The Labute approximate surface area is 132 Å². The van der Waals surface area contributed by atoms with Crippen molar-refractivity contribution in [1.29, 1.82) is 0 Å². The highest BCUT2D eigenvalue weighted by Gasteiger charge is 2.30. The van der Waals surface area contributed by atoms with Crippen molar-refractivity contribution >= 4 is 11.8 Å². The summed E-state index contributed by atoms with van der Waals surface area (Å²) >= 11 is 0. The Kier molecular flexibility index (Phi) is 6.64. The van der Waals surface area contributed by atoms with Crippen molar-refractivity contribution in [3.63, 3.8) is 0 Å². The molecule has 0 saturated heterocycles. The summed E-state index contributed by atoms with van der Waals surface area (Å²) in [4.78, 5) is 23.2. The summed E-state index contributed by atoms with van der Waals surface area (Å²) in [5, 5.41) is 2.42. The van der Waals surface area contributed by atoms with E-state index in [0.29, 0.717) is 12.8 Å². The van der Waals surface area contributed by atoms with Gasteiger partial charge >= 0.3 is 6.18 Å². The Bertz CT molecular complexity index is 606. The number of rotatable bonds is 7. The van der Waals surface area contributed by atoms with Gasteiger partial charge in [-0.3, -0.25) is 9.59 Å². The number of halogens is 3. The molecule has 1 atom stereocenters. The number of hydrogen-bond donors (Lipinski definition) is 2. The molecule has 23 heavy (non-hydrogen) atoms. The van der Waals surface area contributed by atoms with Gasteiger partial charge in [0.15, 0.2) is 0 Å². The van der Waals surface area contributed by atoms with E-state index in [1.807, 2.05) is 0 Å². The molecule has 7 heteroatoms. The molecule has 0 aliphatic heterocycles. The fraction of sp³-hybridized carbons (Fsp3) is 0.375. The molecule has 3 N–H and O–H groups in total. The molecule has 1 aromatic carbocycles. The second-order valence-electron chi connectivity index (χ2n) is 4.99. The van der Waals surface area contributed by atoms with E-state index < -0.39 is 29.6 Å². The molecule has 0 radical (unpaired) electrons. The number of benzene rings is 1. The summed E-state index contributed by atoms with van der Waals surface area (Å²) < 4.78 is 37.8. The van der Waals surface area contributed by atoms with Crippen LogP contribution in [-0.4, -0.2) is 17.9 Å². The molecule has 0 saturated carbocycles. The van der Waals surface area contributed by atoms with Gasteiger partial charge in [-0.1, -0.05) is 18.2 Å². The molecule has 4 nitrogen and oxygen atoms in total. The van der Waals surface area contributed by atoms with Crippen molar-refractivity contribution in [2.45, 2.75) is 37.9 Å². The zero-order chi connectivity index (χ0) is 17.5. The van der Waals surface area contributed by atoms with E-state index in [-0.39, 0.29) is 18.4 Å². The number of nitrogens with one attached hydrogen (secondary N) is 1. The standard InChI is InChI=1S/C16H17F3N2O2/c1-2-3-4-8-13(15(20)23)21-14(22)10-11-6-5-7-12(9-11)16(17,18)19/h1,5-7,9,13H,3-4,8,10H2,(H2,20,23)(H,21,22)/t13-/m0/s1. The van der Waals surface area contributed by atoms with Crippen molar-refractivity contribution in [3.8, 4) is 12.3 Å². The fourth-order valence-corrected chi connectivity index (χ4v) is 1.98. The average molecular weight is 326 g/mol. The van der Waals surface area contributed by atoms with Crippen molar-refractivity contribution < 1.29 is 22.8 Å². The van der Waals surface area contributed by atoms with Crippen molar-refractivity contribution in [2.24, 2.45) is 5.73 Å². The van der Waals surface area contributed by atoms with Crippen molar-refractivity contribution in [1.82, 2.24) is 5.32 Å². The molecule has 0 fully saturated rings. The first-order valence-corrected chi connectivity index (χ1v) is 6.92. The quantitative estimate of drug-likeness (QED) is 0.594. The minimum Gasteiger partial charge on any atom is -0.368 e. The third kappa shape index (κ3) is 6.43. The second-order valence-corrected chi connectivity index (χ2v) is 4.99. The molecule has 124 valence electrons. The highest BCUT2D eigenvalue weighted by Crippen LogP contribution is 2.29. The molecule has 1 aromatic rings. The minimum absolute atomic E-state index is 0.198. The van der Waals surface area contributed by atoms with Gasteiger partial charge in [0.05, 0.1) is 12.0 Å². The van der Waals surface area contributed by atoms with Crippen molar-refractivity contribution in [3.05, 3.63) is 35.4 Å². The smallest absolute Gasteiger partial charge is 0.368 e. The Hall–Kier alpha value is -2.49. The SMILES string of the molecule is C#CCCC[C@H](NC(=O)Cc1cccc(C(F)(F)F)c1)C(N)=O. The molecular weight excluding hydrogens is 309 g/mol. The molecule has 1 rings (SSSR count). The molecule has 2 amide bonds. The number of amides is 2. The number of carbonyl (C=O) groups excluding carboxylic acids is 2. The lowest BCUT2D eigenvalue weighted by molar-refractivity contribution is -0.137. The van der Waals surface area contributed by atoms with E-state index in [2.05, 4.69) is 11.2 Å². The summed E-state index contributed by atoms with van der Waals surface area (Å²) in [6, 6.07) is 3.57. The Morgan fingerprint density at radius 1 is 1.35 bits per heavy atom. The zero-order valence-corrected chi connectivity index (χ0v) is 12.3. The van der Waals surface area contributed by atoms with Crippen LogP contribution in [0.2, 0.25) is 0 Å². The van der Waals surface area contributed by atoms with Gasteiger partial charge in [-0.25, -0.2) is 0 Å². The number of hydrogen-bond acceptors (Lipinski definition) is 2. The lowest BCUT2D eigenvalue weighted by Gasteiger charge is -2.15. The molecule has 0 unspecified atom stereocenters. The van der Waals surface area contributed by atoms with Gasteiger partial charge in [0.1, 0.15) is 6.04 Å². The van der Waals surface area contributed by atoms with E-state index in [1.165, 1.54) is 12.1 Å². The summed E-state index contributed by atoms with van der Waals surface area (Å²) in [6.45, 7) is 0. The van der Waals surface area contributed by atoms with Crippen LogP contribution in [0.3, 0.4) is 0 Å². The van der Waals surface area contributed by atoms with Crippen LogP contribution < -0.4 is 11.1 Å². The van der Waals surface area contributed by atoms with Crippen LogP contribution in [0, 0.1) is 12.3 Å². The van der Waals surface area contributed by atoms with Crippen LogP contribution in [0.4, 0.5) is 13.2 Å². The summed E-state index contributed by atoms with van der Waals surface area (Å²) in [7, 11) is 0. The first-order chi connectivity index (χ1) is 10.7. The Morgan fingerprint density at radius 3 is 2.61 bits per heavy atom. The molecule has 0 bridgehead atoms. The lowest BCUT2D eigenvalue weighted by atomic mass is 10.1. The maximum atomic E-state index is 12.6. The topological polar surface area (TPSA) is 72.2 Å². The third-order valence-electron chi connectivity index (χ3n) is 3.11. The van der Waals surface area contributed by atoms with Gasteiger partial charge in [0.25, 0.3) is 0 Å². The van der Waals surface area contributed by atoms with Gasteiger partial charge in [0.2, 0.25) is 11.8 Å². The van der Waals surface area contributed by atoms with E-state index >= 15 is 0 Å². The van der Waals surface area contributed by atoms with Gasteiger partial charge in [-0.2, -0.15) is 13.2 Å². The average Bonchev–Trinajstić information content (AvgIpc) is 2.45. The normalized spacial score (nSPS) is 12.3. The molecule has 0 aromatic heterocycles. The number of unbranched alkanes of at least 4 members (excludes halogenated alkanes) is 1. The van der Waals surface area contributed by atoms with Crippen molar-refractivity contribution in [2.75, 3.05) is 0 Å². The molecule has 0 spiro atoms. The molecular formula is C16H17F3N2O2. The van der Waals surface area contributed by atoms with Crippen LogP contribution in [0.5, 0.6) is 0 Å². The Balaban J connectivity index is 2.68. The number of primary amides is 1. The first-order valence-electron chi connectivity index (χ1n) is 6.92. The highest BCUT2D eigenvalue weighted by molar-refractivity contribution is 5.87. The van der Waals surface area contributed by atoms with E-state index in [1.54, 1.807) is 0 Å². The predicted octanol–water partition coefficient (Wildman–Crippen LogP) is 2.02. The number of alkyl halides is 3. The number of carbonyl (C=O) groups is 2. The molecule has 0 heterocycles. The number of terminal acetylenes is 1. The largest absolute Gasteiger partial charge is 0.416 e. The maximum Gasteiger partial charge on any atom is 0.416 e. The van der Waals surface area contributed by atoms with E-state index in [9.17, 15) is 22.8 Å². The van der Waals surface area contributed by atoms with Crippen LogP contribution in [0.15, 0.2) is 24.3 Å².